The Kier molecular flexibility index (Phi) is 39.7. The van der Waals surface area contributed by atoms with Gasteiger partial charge in [-0.15, -0.1) is 23.1 Å². The Hall–Kier alpha value is -13.1. The van der Waals surface area contributed by atoms with Gasteiger partial charge in [-0.05, 0) is 117 Å². The number of carbonyl (C=O) groups is 17. The first-order valence-corrected chi connectivity index (χ1v) is 47.1. The topological polar surface area (TPSA) is 660 Å². The summed E-state index contributed by atoms with van der Waals surface area (Å²) in [6.07, 6.45) is 2.28. The van der Waals surface area contributed by atoms with Gasteiger partial charge in [-0.3, -0.25) is 86.9 Å². The van der Waals surface area contributed by atoms with Crippen LogP contribution in [0.5, 0.6) is 5.75 Å². The van der Waals surface area contributed by atoms with Gasteiger partial charge in [0.1, 0.15) is 78.3 Å². The van der Waals surface area contributed by atoms with Gasteiger partial charge < -0.3 is 126 Å². The lowest BCUT2D eigenvalue weighted by Gasteiger charge is -2.36. The average Bonchev–Trinajstić information content (AvgIpc) is 1.72. The number of ketones is 1. The van der Waals surface area contributed by atoms with Crippen molar-refractivity contribution < 1.29 is 96.8 Å². The van der Waals surface area contributed by atoms with Crippen LogP contribution in [0.2, 0.25) is 0 Å². The number of phenols is 1. The summed E-state index contributed by atoms with van der Waals surface area (Å²) >= 11 is 2.08. The number of H-pyrrole nitrogens is 2. The molecule has 3 aromatic carbocycles. The first-order valence-electron chi connectivity index (χ1n) is 45.0. The first kappa shape index (κ1) is 106. The van der Waals surface area contributed by atoms with Crippen LogP contribution in [0.3, 0.4) is 0 Å². The molecule has 24 N–H and O–H groups in total. The monoisotopic (exact) mass is 1910 g/mol. The Morgan fingerprint density at radius 1 is 0.585 bits per heavy atom. The number of carbonyl (C=O) groups excluding carboxylic acids is 17. The Morgan fingerprint density at radius 2 is 1.21 bits per heavy atom. The average molecular weight is 1910 g/mol. The second-order valence-corrected chi connectivity index (χ2v) is 36.1. The number of primary amides is 2. The van der Waals surface area contributed by atoms with Crippen molar-refractivity contribution in [1.82, 2.24) is 92.6 Å². The largest absolute Gasteiger partial charge is 0.508 e. The molecule has 16 amide bonds. The molecule has 45 heteroatoms. The summed E-state index contributed by atoms with van der Waals surface area (Å²) in [5.74, 6) is -19.3. The third-order valence-electron chi connectivity index (χ3n) is 24.2. The summed E-state index contributed by atoms with van der Waals surface area (Å²) in [5.41, 5.74) is 25.2. The molecular formula is C90H125N23O20S2. The van der Waals surface area contributed by atoms with E-state index in [4.69, 9.17) is 28.3 Å². The molecule has 732 valence electrons. The van der Waals surface area contributed by atoms with Crippen molar-refractivity contribution in [2.75, 3.05) is 72.0 Å². The fraction of sp³-hybridized carbons (Fsp3) is 0.522. The van der Waals surface area contributed by atoms with Crippen LogP contribution in [0.1, 0.15) is 133 Å². The highest BCUT2D eigenvalue weighted by Gasteiger charge is 2.47. The Balaban J connectivity index is 1.10. The number of likely N-dealkylation sites (N-methyl/N-ethyl adjacent to an activating group) is 3. The van der Waals surface area contributed by atoms with Gasteiger partial charge in [0.15, 0.2) is 11.7 Å². The first-order chi connectivity index (χ1) is 64.4. The van der Waals surface area contributed by atoms with Crippen LogP contribution in [0.15, 0.2) is 96.9 Å². The van der Waals surface area contributed by atoms with E-state index < -0.39 is 247 Å². The number of hydrogen-bond acceptors (Lipinski definition) is 25. The number of amides is 16. The van der Waals surface area contributed by atoms with Gasteiger partial charge in [-0.1, -0.05) is 88.1 Å². The molecule has 3 aliphatic rings. The molecule has 0 saturated carbocycles. The number of unbranched alkanes of at least 4 members (excludes halogenated alkanes) is 3. The molecule has 3 aliphatic heterocycles. The zero-order chi connectivity index (χ0) is 98.4. The van der Waals surface area contributed by atoms with Gasteiger partial charge in [0.2, 0.25) is 94.5 Å². The van der Waals surface area contributed by atoms with E-state index in [1.165, 1.54) is 76.2 Å². The number of rotatable bonds is 26. The van der Waals surface area contributed by atoms with Crippen LogP contribution >= 0.6 is 23.1 Å². The van der Waals surface area contributed by atoms with Gasteiger partial charge in [-0.25, -0.2) is 4.98 Å². The van der Waals surface area contributed by atoms with Gasteiger partial charge in [0, 0.05) is 113 Å². The van der Waals surface area contributed by atoms with Gasteiger partial charge in [0.25, 0.3) is 0 Å². The molecule has 9 rings (SSSR count). The third-order valence-corrected chi connectivity index (χ3v) is 26.3. The van der Waals surface area contributed by atoms with Crippen LogP contribution in [0.25, 0.3) is 21.0 Å². The smallest absolute Gasteiger partial charge is 0.246 e. The molecular weight excluding hydrogens is 1790 g/mol. The molecule has 0 spiro atoms. The molecule has 135 heavy (non-hydrogen) atoms. The van der Waals surface area contributed by atoms with E-state index in [0.717, 1.165) is 41.0 Å². The van der Waals surface area contributed by atoms with Crippen LogP contribution in [-0.2, 0) is 107 Å². The maximum atomic E-state index is 15.7. The zero-order valence-corrected chi connectivity index (χ0v) is 78.0. The van der Waals surface area contributed by atoms with E-state index in [-0.39, 0.29) is 95.2 Å². The normalized spacial score (nSPS) is 24.8. The predicted octanol–water partition coefficient (Wildman–Crippen LogP) is -2.80. The maximum Gasteiger partial charge on any atom is 0.246 e. The highest BCUT2D eigenvalue weighted by molar-refractivity contribution is 8.00. The van der Waals surface area contributed by atoms with Crippen molar-refractivity contribution in [2.24, 2.45) is 28.9 Å². The van der Waals surface area contributed by atoms with Crippen LogP contribution in [0, 0.1) is 11.3 Å². The highest BCUT2D eigenvalue weighted by atomic mass is 32.2. The number of aromatic amines is 2. The molecule has 15 atom stereocenters. The van der Waals surface area contributed by atoms with Crippen molar-refractivity contribution in [2.45, 2.75) is 221 Å². The Bertz CT molecular complexity index is 5210. The Morgan fingerprint density at radius 3 is 1.88 bits per heavy atom. The second kappa shape index (κ2) is 50.8. The number of hydrogen-bond donors (Lipinski definition) is 20. The van der Waals surface area contributed by atoms with Gasteiger partial charge in [-0.2, -0.15) is 0 Å². The van der Waals surface area contributed by atoms with E-state index in [1.54, 1.807) is 41.9 Å². The second-order valence-electron chi connectivity index (χ2n) is 34.1. The standard InChI is InChI=1S/C90H125N23O20S2/c1-7-9-22-68-83(127)106-65(41-99-90(94)95)81(125)108-67(79(123)98-42-75(93)119)46-134-47-76(120)101-62(32-50-26-28-55(115)29-27-50)85(129)109(4)49(3)77(121)104-64(38-74(92)118)88(132)112-31-17-24-69(112)84(128)103-61(36-54-40-96-48-100-54)80(124)102-60(21-15-16-30-91)87(131)113-43-56(116)37-71(113)72(117)35-51(33-52-39-97-59-20-13-11-18-57(52)59)78(122)107-66(44-114)82(126)105-63(34-53-45-135-73-25-14-12-19-58(53)73)86(130)111(6)70(23-10-8-2)89(133)110(68)5/h11-14,18-20,25-29,39-40,45,48-49,51,56,60-71,97,114-116H,7-10,15-17,21-24,30-38,41-44,46-47,91H2,1-6H3,(H2,92,118)(H2,93,119)(H,96,100)(H,98,123)(H,101,120)(H,102,124)(H,103,128)(H,104,121)(H,105,126)(H,106,127)(H,107,122)(H,108,125)(H4,94,95,99)/t49-,51+,56+,60-,61-,62-,63-,64-,65-,66-,67-,68-,69-,70-,71-/m0/s1. The Labute approximate surface area is 788 Å². The van der Waals surface area contributed by atoms with Gasteiger partial charge >= 0.3 is 0 Å². The summed E-state index contributed by atoms with van der Waals surface area (Å²) in [6, 6.07) is -0.556. The predicted molar refractivity (Wildman–Crippen MR) is 499 cm³/mol. The summed E-state index contributed by atoms with van der Waals surface area (Å²) in [4.78, 5) is 266. The number of nitrogens with zero attached hydrogens (tertiary/aromatic N) is 6. The molecule has 3 fully saturated rings. The molecule has 3 saturated heterocycles. The number of aliphatic hydroxyl groups excluding tert-OH is 2. The van der Waals surface area contributed by atoms with E-state index in [0.29, 0.717) is 65.1 Å². The summed E-state index contributed by atoms with van der Waals surface area (Å²) in [7, 11) is 3.87. The van der Waals surface area contributed by atoms with Crippen molar-refractivity contribution in [3.8, 4) is 5.75 Å². The van der Waals surface area contributed by atoms with Crippen molar-refractivity contribution in [1.29, 1.82) is 5.41 Å². The molecule has 0 unspecified atom stereocenters. The maximum absolute atomic E-state index is 15.7. The van der Waals surface area contributed by atoms with Crippen LogP contribution < -0.4 is 76.1 Å². The minimum atomic E-state index is -1.86. The lowest BCUT2D eigenvalue weighted by Crippen LogP contribution is -2.62. The molecule has 0 radical (unpaired) electrons. The summed E-state index contributed by atoms with van der Waals surface area (Å²) < 4.78 is 0.810. The van der Waals surface area contributed by atoms with Crippen molar-refractivity contribution >= 4 is 150 Å². The number of thiophene rings is 1. The van der Waals surface area contributed by atoms with E-state index in [9.17, 15) is 58.5 Å². The lowest BCUT2D eigenvalue weighted by atomic mass is 9.90. The molecule has 0 aliphatic carbocycles. The number of aromatic hydroxyl groups is 1. The zero-order valence-electron chi connectivity index (χ0n) is 76.4. The number of fused-ring (bicyclic) bond motifs is 4. The van der Waals surface area contributed by atoms with Gasteiger partial charge in [0.05, 0.1) is 49.5 Å². The fourth-order valence-electron chi connectivity index (χ4n) is 16.6. The number of aliphatic hydroxyl groups is 2. The molecule has 3 aromatic heterocycles. The summed E-state index contributed by atoms with van der Waals surface area (Å²) in [6.45, 7) is 2.05. The molecule has 6 heterocycles. The number of para-hydroxylation sites is 1. The number of imidazole rings is 1. The number of benzene rings is 3. The van der Waals surface area contributed by atoms with Crippen LogP contribution in [-0.4, -0.2) is 318 Å². The van der Waals surface area contributed by atoms with E-state index in [2.05, 4.69) is 68.1 Å². The minimum Gasteiger partial charge on any atom is -0.508 e. The third kappa shape index (κ3) is 29.4. The number of Topliss-reactive ketones (excluding diaryl/α,β-unsaturated/α-hetero) is 1. The molecule has 43 nitrogen and oxygen atoms in total. The number of aromatic nitrogens is 3. The number of nitrogens with one attached hydrogen (secondary N) is 13. The van der Waals surface area contributed by atoms with Crippen LogP contribution in [0.4, 0.5) is 0 Å². The highest BCUT2D eigenvalue weighted by Crippen LogP contribution is 2.31. The van der Waals surface area contributed by atoms with Crippen molar-refractivity contribution in [3.63, 3.8) is 0 Å². The number of guanidine groups is 1. The van der Waals surface area contributed by atoms with Crippen molar-refractivity contribution in [3.05, 3.63) is 119 Å². The van der Waals surface area contributed by atoms with E-state index in [1.807, 2.05) is 32.0 Å². The fourth-order valence-corrected chi connectivity index (χ4v) is 18.5. The van der Waals surface area contributed by atoms with E-state index >= 15 is 38.4 Å². The SMILES string of the molecule is CCCC[C@H]1C(=O)N(C)[C@@H](CCCC)C(=O)N[C@@H](CNC(=N)N)C(=O)N[C@H](C(=O)NCC(N)=O)CSCC(=O)N[C@@H](Cc2ccc(O)cc2)C(=O)N(C)[C@@H](C)C(=O)N[C@@H](CC(N)=O)C(=O)N2CCC[C@H]2C(=O)N[C@@H](Cc2c[nH]cn2)C(=O)N[C@@H](CCCCN)C(=O)N2C[C@H](O)C[C@H]2C(=O)C[C@@H](Cc2c[nH]c3ccccc23)C(=O)N[C@@H](CO)C(=O)N[C@@H](Cc2csc3ccccc23)C(=O)N1C. The summed E-state index contributed by atoms with van der Waals surface area (Å²) in [5, 5.41) is 70.2. The minimum absolute atomic E-state index is 0.0157. The molecule has 0 bridgehead atoms. The lowest BCUT2D eigenvalue weighted by molar-refractivity contribution is -0.149. The number of phenolic OH excluding ortho intramolecular Hbond substituents is 1. The molecule has 6 aromatic rings. The number of nitrogens with two attached hydrogens (primary N) is 4. The number of thioether (sulfide) groups is 1. The quantitative estimate of drug-likeness (QED) is 0.0148.